The van der Waals surface area contributed by atoms with Gasteiger partial charge in [0.05, 0.1) is 0 Å². The van der Waals surface area contributed by atoms with Gasteiger partial charge < -0.3 is 10.2 Å². The van der Waals surface area contributed by atoms with E-state index < -0.39 is 10.8 Å². The maximum atomic E-state index is 11.0. The highest BCUT2D eigenvalue weighted by atomic mass is 32.2. The van der Waals surface area contributed by atoms with E-state index in [4.69, 9.17) is 12.2 Å². The molecule has 70 valence electrons. The van der Waals surface area contributed by atoms with Crippen LogP contribution in [0.3, 0.4) is 0 Å². The third-order valence-electron chi connectivity index (χ3n) is 1.79. The predicted octanol–water partition coefficient (Wildman–Crippen LogP) is -0.0549. The minimum atomic E-state index is -0.610. The maximum absolute atomic E-state index is 11.0. The summed E-state index contributed by atoms with van der Waals surface area (Å²) in [6.45, 7) is 4.55. The molecule has 0 aliphatic carbocycles. The number of thiocarbonyl (C=S) groups is 1. The summed E-state index contributed by atoms with van der Waals surface area (Å²) >= 11 is 5.13. The number of rotatable bonds is 1. The molecule has 1 saturated heterocycles. The lowest BCUT2D eigenvalue weighted by atomic mass is 10.5. The Hall–Kier alpha value is -0.160. The van der Waals surface area contributed by atoms with Gasteiger partial charge in [0.1, 0.15) is 0 Å². The van der Waals surface area contributed by atoms with Gasteiger partial charge in [0.15, 0.2) is 5.11 Å². The summed E-state index contributed by atoms with van der Waals surface area (Å²) in [7, 11) is -0.610. The molecule has 1 aliphatic rings. The smallest absolute Gasteiger partial charge is 0.168 e. The quantitative estimate of drug-likeness (QED) is 0.610. The molecule has 0 aromatic heterocycles. The third kappa shape index (κ3) is 2.71. The molecule has 1 rings (SSSR count). The van der Waals surface area contributed by atoms with Crippen LogP contribution in [0.4, 0.5) is 0 Å². The summed E-state index contributed by atoms with van der Waals surface area (Å²) in [5.41, 5.74) is 0. The Morgan fingerprint density at radius 2 is 2.17 bits per heavy atom. The summed E-state index contributed by atoms with van der Waals surface area (Å²) in [4.78, 5) is 2.08. The highest BCUT2D eigenvalue weighted by Crippen LogP contribution is 1.99. The molecule has 0 saturated carbocycles. The van der Waals surface area contributed by atoms with E-state index in [9.17, 15) is 4.21 Å². The summed E-state index contributed by atoms with van der Waals surface area (Å²) in [5.74, 6) is 1.51. The van der Waals surface area contributed by atoms with Crippen LogP contribution in [0.15, 0.2) is 0 Å². The summed E-state index contributed by atoms with van der Waals surface area (Å²) in [6, 6.07) is 0. The molecule has 0 spiro atoms. The van der Waals surface area contributed by atoms with Crippen LogP contribution in [-0.4, -0.2) is 45.4 Å². The minimum absolute atomic E-state index is 0.610. The molecule has 5 heteroatoms. The van der Waals surface area contributed by atoms with E-state index in [1.165, 1.54) is 0 Å². The molecule has 0 unspecified atom stereocenters. The van der Waals surface area contributed by atoms with Gasteiger partial charge in [-0.05, 0) is 19.1 Å². The van der Waals surface area contributed by atoms with Crippen molar-refractivity contribution in [1.82, 2.24) is 10.2 Å². The van der Waals surface area contributed by atoms with Crippen molar-refractivity contribution in [3.8, 4) is 0 Å². The topological polar surface area (TPSA) is 32.3 Å². The third-order valence-corrected chi connectivity index (χ3v) is 3.47. The van der Waals surface area contributed by atoms with Crippen LogP contribution < -0.4 is 5.32 Å². The van der Waals surface area contributed by atoms with E-state index in [-0.39, 0.29) is 0 Å². The lowest BCUT2D eigenvalue weighted by molar-refractivity contribution is 0.448. The molecule has 1 heterocycles. The van der Waals surface area contributed by atoms with Gasteiger partial charge >= 0.3 is 0 Å². The normalized spacial score (nSPS) is 19.2. The van der Waals surface area contributed by atoms with Gasteiger partial charge in [-0.1, -0.05) is 0 Å². The molecular weight excluding hydrogens is 192 g/mol. The van der Waals surface area contributed by atoms with E-state index in [0.29, 0.717) is 0 Å². The van der Waals surface area contributed by atoms with Crippen LogP contribution >= 0.6 is 12.2 Å². The van der Waals surface area contributed by atoms with Crippen molar-refractivity contribution in [2.24, 2.45) is 0 Å². The Bertz CT molecular complexity index is 186. The monoisotopic (exact) mass is 206 g/mol. The molecule has 0 aromatic rings. The summed E-state index contributed by atoms with van der Waals surface area (Å²) < 4.78 is 11.0. The van der Waals surface area contributed by atoms with Crippen LogP contribution in [-0.2, 0) is 10.8 Å². The second-order valence-electron chi connectivity index (χ2n) is 2.67. The highest BCUT2D eigenvalue weighted by molar-refractivity contribution is 7.85. The van der Waals surface area contributed by atoms with Crippen molar-refractivity contribution >= 4 is 28.1 Å². The van der Waals surface area contributed by atoms with Crippen molar-refractivity contribution in [3.05, 3.63) is 0 Å². The summed E-state index contributed by atoms with van der Waals surface area (Å²) in [5, 5.41) is 3.89. The van der Waals surface area contributed by atoms with Gasteiger partial charge in [-0.15, -0.1) is 0 Å². The summed E-state index contributed by atoms with van der Waals surface area (Å²) in [6.07, 6.45) is 0. The van der Waals surface area contributed by atoms with Crippen LogP contribution in [0.1, 0.15) is 6.92 Å². The molecule has 0 aromatic carbocycles. The lowest BCUT2D eigenvalue weighted by Gasteiger charge is -2.28. The first kappa shape index (κ1) is 9.92. The van der Waals surface area contributed by atoms with E-state index in [1.54, 1.807) is 0 Å². The highest BCUT2D eigenvalue weighted by Gasteiger charge is 2.16. The SMILES string of the molecule is CCNC(=S)N1CCS(=O)CC1. The fourth-order valence-electron chi connectivity index (χ4n) is 1.10. The predicted molar refractivity (Wildman–Crippen MR) is 55.7 cm³/mol. The van der Waals surface area contributed by atoms with Crippen LogP contribution in [0, 0.1) is 0 Å². The number of hydrogen-bond donors (Lipinski definition) is 1. The number of nitrogens with one attached hydrogen (secondary N) is 1. The molecule has 0 amide bonds. The standard InChI is InChI=1S/C7H14N2OS2/c1-2-8-7(11)9-3-5-12(10)6-4-9/h2-6H2,1H3,(H,8,11). The number of nitrogens with zero attached hydrogens (tertiary/aromatic N) is 1. The molecular formula is C7H14N2OS2. The van der Waals surface area contributed by atoms with Crippen LogP contribution in [0.5, 0.6) is 0 Å². The van der Waals surface area contributed by atoms with Crippen molar-refractivity contribution < 1.29 is 4.21 Å². The Balaban J connectivity index is 2.33. The van der Waals surface area contributed by atoms with Crippen LogP contribution in [0.2, 0.25) is 0 Å². The average molecular weight is 206 g/mol. The zero-order valence-electron chi connectivity index (χ0n) is 7.21. The van der Waals surface area contributed by atoms with Gasteiger partial charge in [0, 0.05) is 41.9 Å². The molecule has 0 atom stereocenters. The first-order chi connectivity index (χ1) is 5.74. The average Bonchev–Trinajstić information content (AvgIpc) is 2.06. The molecule has 0 radical (unpaired) electrons. The molecule has 1 fully saturated rings. The Labute approximate surface area is 81.0 Å². The van der Waals surface area contributed by atoms with E-state index in [1.807, 2.05) is 6.92 Å². The van der Waals surface area contributed by atoms with E-state index >= 15 is 0 Å². The van der Waals surface area contributed by atoms with Crippen LogP contribution in [0.25, 0.3) is 0 Å². The van der Waals surface area contributed by atoms with Gasteiger partial charge in [-0.2, -0.15) is 0 Å². The van der Waals surface area contributed by atoms with Crippen molar-refractivity contribution in [1.29, 1.82) is 0 Å². The maximum Gasteiger partial charge on any atom is 0.168 e. The molecule has 3 nitrogen and oxygen atoms in total. The van der Waals surface area contributed by atoms with E-state index in [0.717, 1.165) is 36.3 Å². The number of hydrogen-bond acceptors (Lipinski definition) is 2. The first-order valence-electron chi connectivity index (χ1n) is 4.11. The van der Waals surface area contributed by atoms with Crippen molar-refractivity contribution in [3.63, 3.8) is 0 Å². The first-order valence-corrected chi connectivity index (χ1v) is 6.01. The fourth-order valence-corrected chi connectivity index (χ4v) is 2.48. The zero-order valence-corrected chi connectivity index (χ0v) is 8.84. The molecule has 1 N–H and O–H groups in total. The zero-order chi connectivity index (χ0) is 8.97. The largest absolute Gasteiger partial charge is 0.363 e. The van der Waals surface area contributed by atoms with Crippen molar-refractivity contribution in [2.75, 3.05) is 31.1 Å². The van der Waals surface area contributed by atoms with Gasteiger partial charge in [0.25, 0.3) is 0 Å². The Morgan fingerprint density at radius 1 is 1.58 bits per heavy atom. The molecule has 0 bridgehead atoms. The van der Waals surface area contributed by atoms with E-state index in [2.05, 4.69) is 10.2 Å². The van der Waals surface area contributed by atoms with Crippen molar-refractivity contribution in [2.45, 2.75) is 6.92 Å². The molecule has 12 heavy (non-hydrogen) atoms. The minimum Gasteiger partial charge on any atom is -0.363 e. The lowest BCUT2D eigenvalue weighted by Crippen LogP contribution is -2.46. The second kappa shape index (κ2) is 4.77. The Kier molecular flexibility index (Phi) is 3.94. The fraction of sp³-hybridized carbons (Fsp3) is 0.857. The Morgan fingerprint density at radius 3 is 2.67 bits per heavy atom. The molecule has 1 aliphatic heterocycles. The van der Waals surface area contributed by atoms with Gasteiger partial charge in [0.2, 0.25) is 0 Å². The second-order valence-corrected chi connectivity index (χ2v) is 4.75. The van der Waals surface area contributed by atoms with Gasteiger partial charge in [-0.3, -0.25) is 4.21 Å². The van der Waals surface area contributed by atoms with Gasteiger partial charge in [-0.25, -0.2) is 0 Å².